The fourth-order valence-corrected chi connectivity index (χ4v) is 3.49. The van der Waals surface area contributed by atoms with Crippen molar-refractivity contribution in [3.8, 4) is 17.2 Å². The SMILES string of the molecule is COc1cc(Nc2nc(Nc3cc(OC)c(Cl)cc3OC)nc(C(C)(C)C)n2)c(C)cc1Cl. The molecule has 176 valence electrons. The summed E-state index contributed by atoms with van der Waals surface area (Å²) >= 11 is 12.5. The molecule has 0 saturated carbocycles. The molecule has 0 spiro atoms. The normalized spacial score (nSPS) is 11.2. The number of aromatic nitrogens is 3. The zero-order valence-corrected chi connectivity index (χ0v) is 21.1. The van der Waals surface area contributed by atoms with E-state index in [1.165, 1.54) is 0 Å². The Hall–Kier alpha value is -2.97. The summed E-state index contributed by atoms with van der Waals surface area (Å²) in [6.07, 6.45) is 0. The highest BCUT2D eigenvalue weighted by Gasteiger charge is 2.21. The molecule has 2 aromatic carbocycles. The summed E-state index contributed by atoms with van der Waals surface area (Å²) in [5.41, 5.74) is 1.95. The molecule has 8 nitrogen and oxygen atoms in total. The third-order valence-electron chi connectivity index (χ3n) is 4.77. The minimum absolute atomic E-state index is 0.329. The molecule has 3 aromatic rings. The van der Waals surface area contributed by atoms with Crippen LogP contribution in [0.5, 0.6) is 17.2 Å². The molecule has 0 bridgehead atoms. The van der Waals surface area contributed by atoms with Crippen molar-refractivity contribution in [1.82, 2.24) is 15.0 Å². The second kappa shape index (κ2) is 9.89. The topological polar surface area (TPSA) is 90.4 Å². The van der Waals surface area contributed by atoms with E-state index in [2.05, 4.69) is 25.6 Å². The summed E-state index contributed by atoms with van der Waals surface area (Å²) in [6.45, 7) is 8.01. The third kappa shape index (κ3) is 5.69. The van der Waals surface area contributed by atoms with Crippen LogP contribution in [0.25, 0.3) is 0 Å². The highest BCUT2D eigenvalue weighted by Crippen LogP contribution is 2.37. The second-order valence-electron chi connectivity index (χ2n) is 8.29. The number of hydrogen-bond donors (Lipinski definition) is 2. The highest BCUT2D eigenvalue weighted by atomic mass is 35.5. The number of benzene rings is 2. The van der Waals surface area contributed by atoms with E-state index < -0.39 is 0 Å². The van der Waals surface area contributed by atoms with Crippen LogP contribution in [0, 0.1) is 6.92 Å². The van der Waals surface area contributed by atoms with Crippen molar-refractivity contribution < 1.29 is 14.2 Å². The van der Waals surface area contributed by atoms with Gasteiger partial charge in [0.1, 0.15) is 23.1 Å². The lowest BCUT2D eigenvalue weighted by Gasteiger charge is -2.20. The zero-order valence-electron chi connectivity index (χ0n) is 19.6. The smallest absolute Gasteiger partial charge is 0.232 e. The van der Waals surface area contributed by atoms with Crippen molar-refractivity contribution in [2.75, 3.05) is 32.0 Å². The molecular formula is C23H27Cl2N5O3. The Kier molecular flexibility index (Phi) is 7.39. The van der Waals surface area contributed by atoms with Crippen molar-refractivity contribution in [3.63, 3.8) is 0 Å². The molecule has 3 rings (SSSR count). The standard InChI is InChI=1S/C23H27Cl2N5O3/c1-12-8-13(24)17(31-5)10-15(12)26-21-28-20(23(2,3)4)29-22(30-21)27-16-11-18(32-6)14(25)9-19(16)33-7/h8-11H,1-7H3,(H2,26,27,28,29,30). The maximum absolute atomic E-state index is 6.23. The van der Waals surface area contributed by atoms with Gasteiger partial charge in [-0.05, 0) is 18.6 Å². The molecule has 0 aliphatic carbocycles. The lowest BCUT2D eigenvalue weighted by molar-refractivity contribution is 0.405. The van der Waals surface area contributed by atoms with Gasteiger partial charge in [-0.3, -0.25) is 0 Å². The second-order valence-corrected chi connectivity index (χ2v) is 9.11. The number of nitrogens with zero attached hydrogens (tertiary/aromatic N) is 3. The summed E-state index contributed by atoms with van der Waals surface area (Å²) in [4.78, 5) is 13.8. The molecule has 10 heteroatoms. The van der Waals surface area contributed by atoms with Crippen molar-refractivity contribution in [2.45, 2.75) is 33.1 Å². The Balaban J connectivity index is 2.05. The quantitative estimate of drug-likeness (QED) is 0.397. The number of anilines is 4. The molecule has 0 atom stereocenters. The Bertz CT molecular complexity index is 1170. The maximum Gasteiger partial charge on any atom is 0.232 e. The van der Waals surface area contributed by atoms with Crippen LogP contribution in [-0.4, -0.2) is 36.3 Å². The van der Waals surface area contributed by atoms with Crippen LogP contribution in [0.15, 0.2) is 24.3 Å². The number of halogens is 2. The number of methoxy groups -OCH3 is 3. The van der Waals surface area contributed by atoms with Gasteiger partial charge in [0.15, 0.2) is 0 Å². The van der Waals surface area contributed by atoms with Crippen LogP contribution < -0.4 is 24.8 Å². The fourth-order valence-electron chi connectivity index (χ4n) is 2.97. The molecule has 0 saturated heterocycles. The lowest BCUT2D eigenvalue weighted by atomic mass is 9.96. The zero-order chi connectivity index (χ0) is 24.3. The van der Waals surface area contributed by atoms with E-state index in [-0.39, 0.29) is 5.41 Å². The highest BCUT2D eigenvalue weighted by molar-refractivity contribution is 6.32. The monoisotopic (exact) mass is 491 g/mol. The molecule has 1 aromatic heterocycles. The van der Waals surface area contributed by atoms with E-state index >= 15 is 0 Å². The van der Waals surface area contributed by atoms with E-state index in [4.69, 9.17) is 37.4 Å². The van der Waals surface area contributed by atoms with Gasteiger partial charge >= 0.3 is 0 Å². The van der Waals surface area contributed by atoms with Crippen LogP contribution in [-0.2, 0) is 5.41 Å². The first-order chi connectivity index (χ1) is 15.5. The molecule has 0 unspecified atom stereocenters. The van der Waals surface area contributed by atoms with Crippen molar-refractivity contribution >= 4 is 46.5 Å². The summed E-state index contributed by atoms with van der Waals surface area (Å²) in [5, 5.41) is 7.41. The Labute approximate surface area is 203 Å². The van der Waals surface area contributed by atoms with Gasteiger partial charge in [0.05, 0.1) is 37.1 Å². The minimum atomic E-state index is -0.329. The Morgan fingerprint density at radius 2 is 1.18 bits per heavy atom. The number of nitrogens with one attached hydrogen (secondary N) is 2. The van der Waals surface area contributed by atoms with E-state index in [0.29, 0.717) is 50.7 Å². The predicted molar refractivity (Wildman–Crippen MR) is 132 cm³/mol. The third-order valence-corrected chi connectivity index (χ3v) is 5.36. The molecular weight excluding hydrogens is 465 g/mol. The van der Waals surface area contributed by atoms with Gasteiger partial charge in [-0.25, -0.2) is 0 Å². The Morgan fingerprint density at radius 1 is 0.697 bits per heavy atom. The molecule has 1 heterocycles. The summed E-state index contributed by atoms with van der Waals surface area (Å²) in [7, 11) is 4.67. The van der Waals surface area contributed by atoms with E-state index in [1.54, 1.807) is 39.5 Å². The van der Waals surface area contributed by atoms with Gasteiger partial charge < -0.3 is 24.8 Å². The molecule has 0 radical (unpaired) electrons. The van der Waals surface area contributed by atoms with E-state index in [0.717, 1.165) is 11.3 Å². The Morgan fingerprint density at radius 3 is 1.70 bits per heavy atom. The van der Waals surface area contributed by atoms with Gasteiger partial charge in [-0.15, -0.1) is 0 Å². The molecule has 0 aliphatic rings. The largest absolute Gasteiger partial charge is 0.495 e. The van der Waals surface area contributed by atoms with Crippen LogP contribution >= 0.6 is 23.2 Å². The predicted octanol–water partition coefficient (Wildman–Crippen LogP) is 6.30. The van der Waals surface area contributed by atoms with Gasteiger partial charge in [0, 0.05) is 29.3 Å². The van der Waals surface area contributed by atoms with E-state index in [9.17, 15) is 0 Å². The number of rotatable bonds is 7. The van der Waals surface area contributed by atoms with Crippen molar-refractivity contribution in [3.05, 3.63) is 45.7 Å². The average Bonchev–Trinajstić information content (AvgIpc) is 2.75. The lowest BCUT2D eigenvalue weighted by Crippen LogP contribution is -2.19. The van der Waals surface area contributed by atoms with Crippen LogP contribution in [0.4, 0.5) is 23.3 Å². The summed E-state index contributed by atoms with van der Waals surface area (Å²) < 4.78 is 16.1. The molecule has 33 heavy (non-hydrogen) atoms. The number of aryl methyl sites for hydroxylation is 1. The van der Waals surface area contributed by atoms with Gasteiger partial charge in [0.2, 0.25) is 11.9 Å². The number of hydrogen-bond acceptors (Lipinski definition) is 8. The van der Waals surface area contributed by atoms with Crippen molar-refractivity contribution in [2.24, 2.45) is 0 Å². The average molecular weight is 492 g/mol. The molecule has 0 amide bonds. The first-order valence-electron chi connectivity index (χ1n) is 10.1. The first-order valence-corrected chi connectivity index (χ1v) is 10.9. The van der Waals surface area contributed by atoms with Crippen LogP contribution in [0.3, 0.4) is 0 Å². The van der Waals surface area contributed by atoms with Crippen LogP contribution in [0.1, 0.15) is 32.2 Å². The summed E-state index contributed by atoms with van der Waals surface area (Å²) in [6, 6.07) is 7.01. The molecule has 0 aliphatic heterocycles. The van der Waals surface area contributed by atoms with E-state index in [1.807, 2.05) is 33.8 Å². The van der Waals surface area contributed by atoms with Crippen molar-refractivity contribution in [1.29, 1.82) is 0 Å². The maximum atomic E-state index is 6.23. The fraction of sp³-hybridized carbons (Fsp3) is 0.348. The van der Waals surface area contributed by atoms with Crippen LogP contribution in [0.2, 0.25) is 10.0 Å². The minimum Gasteiger partial charge on any atom is -0.495 e. The van der Waals surface area contributed by atoms with Gasteiger partial charge in [-0.2, -0.15) is 15.0 Å². The molecule has 0 fully saturated rings. The van der Waals surface area contributed by atoms with Gasteiger partial charge in [-0.1, -0.05) is 44.0 Å². The first kappa shape index (κ1) is 24.7. The number of ether oxygens (including phenoxy) is 3. The van der Waals surface area contributed by atoms with Gasteiger partial charge in [0.25, 0.3) is 0 Å². The molecule has 2 N–H and O–H groups in total. The summed E-state index contributed by atoms with van der Waals surface area (Å²) in [5.74, 6) is 2.86.